The van der Waals surface area contributed by atoms with E-state index in [1.54, 1.807) is 18.9 Å². The molecule has 1 aromatic carbocycles. The maximum absolute atomic E-state index is 12.1. The van der Waals surface area contributed by atoms with Gasteiger partial charge in [-0.1, -0.05) is 6.07 Å². The Morgan fingerprint density at radius 1 is 1.37 bits per heavy atom. The van der Waals surface area contributed by atoms with Gasteiger partial charge in [-0.2, -0.15) is 0 Å². The minimum Gasteiger partial charge on any atom is -0.598 e. The average Bonchev–Trinajstić information content (AvgIpc) is 2.36. The molecule has 2 atom stereocenters. The molecule has 0 fully saturated rings. The van der Waals surface area contributed by atoms with E-state index in [2.05, 4.69) is 4.72 Å². The van der Waals surface area contributed by atoms with E-state index in [1.807, 2.05) is 52.1 Å². The van der Waals surface area contributed by atoms with E-state index in [0.29, 0.717) is 0 Å². The van der Waals surface area contributed by atoms with E-state index in [9.17, 15) is 4.55 Å². The van der Waals surface area contributed by atoms with Gasteiger partial charge in [0.2, 0.25) is 0 Å². The largest absolute Gasteiger partial charge is 0.598 e. The number of hydrogen-bond acceptors (Lipinski definition) is 4. The van der Waals surface area contributed by atoms with E-state index >= 15 is 0 Å². The van der Waals surface area contributed by atoms with Gasteiger partial charge in [0.1, 0.15) is 10.5 Å². The molecule has 19 heavy (non-hydrogen) atoms. The summed E-state index contributed by atoms with van der Waals surface area (Å²) in [5.74, 6) is 0.861. The molecule has 0 saturated heterocycles. The Bertz CT molecular complexity index is 418. The third-order valence-electron chi connectivity index (χ3n) is 2.75. The van der Waals surface area contributed by atoms with Crippen LogP contribution in [0.1, 0.15) is 39.3 Å². The second kappa shape index (κ2) is 6.88. The SMILES string of the molecule is COc1cc([C@H](C)N[S+]([O-])C(C)(C)C)ccc1SC. The molecule has 108 valence electrons. The number of hydrogen-bond donors (Lipinski definition) is 1. The van der Waals surface area contributed by atoms with Crippen molar-refractivity contribution in [1.29, 1.82) is 0 Å². The number of ether oxygens (including phenoxy) is 1. The molecule has 0 radical (unpaired) electrons. The van der Waals surface area contributed by atoms with Gasteiger partial charge in [0.15, 0.2) is 0 Å². The fourth-order valence-electron chi connectivity index (χ4n) is 1.53. The van der Waals surface area contributed by atoms with Gasteiger partial charge in [-0.15, -0.1) is 16.5 Å². The minimum atomic E-state index is -1.08. The lowest BCUT2D eigenvalue weighted by atomic mass is 10.1. The van der Waals surface area contributed by atoms with Crippen molar-refractivity contribution in [3.63, 3.8) is 0 Å². The van der Waals surface area contributed by atoms with Crippen molar-refractivity contribution in [2.24, 2.45) is 0 Å². The highest BCUT2D eigenvalue weighted by atomic mass is 32.2. The molecule has 3 nitrogen and oxygen atoms in total. The summed E-state index contributed by atoms with van der Waals surface area (Å²) in [6.45, 7) is 7.89. The molecule has 0 saturated carbocycles. The molecular weight excluding hydrogens is 278 g/mol. The van der Waals surface area contributed by atoms with Crippen LogP contribution in [0.25, 0.3) is 0 Å². The van der Waals surface area contributed by atoms with Gasteiger partial charge in [0.25, 0.3) is 0 Å². The summed E-state index contributed by atoms with van der Waals surface area (Å²) >= 11 is 0.574. The Morgan fingerprint density at radius 3 is 2.47 bits per heavy atom. The zero-order valence-electron chi connectivity index (χ0n) is 12.4. The van der Waals surface area contributed by atoms with Crippen molar-refractivity contribution in [2.45, 2.75) is 43.4 Å². The standard InChI is InChI=1S/C14H23NO2S2/c1-10(15-19(16)14(2,3)4)11-7-8-13(18-6)12(9-11)17-5/h7-10,15H,1-6H3/t10-,19?/m0/s1. The Labute approximate surface area is 123 Å². The third kappa shape index (κ3) is 4.60. The topological polar surface area (TPSA) is 44.3 Å². The molecule has 0 heterocycles. The molecule has 1 unspecified atom stereocenters. The summed E-state index contributed by atoms with van der Waals surface area (Å²) in [6, 6.07) is 6.11. The van der Waals surface area contributed by atoms with Crippen LogP contribution >= 0.6 is 11.8 Å². The van der Waals surface area contributed by atoms with Gasteiger partial charge in [-0.05, 0) is 51.6 Å². The van der Waals surface area contributed by atoms with Crippen LogP contribution in [-0.2, 0) is 11.4 Å². The Kier molecular flexibility index (Phi) is 6.05. The van der Waals surface area contributed by atoms with Gasteiger partial charge in [-0.3, -0.25) is 0 Å². The van der Waals surface area contributed by atoms with Crippen LogP contribution in [0, 0.1) is 0 Å². The molecule has 0 aromatic heterocycles. The van der Waals surface area contributed by atoms with Crippen molar-refractivity contribution >= 4 is 23.1 Å². The van der Waals surface area contributed by atoms with Crippen LogP contribution in [-0.4, -0.2) is 22.7 Å². The van der Waals surface area contributed by atoms with Gasteiger partial charge in [0.05, 0.1) is 13.2 Å². The van der Waals surface area contributed by atoms with Gasteiger partial charge in [0, 0.05) is 16.3 Å². The fourth-order valence-corrected chi connectivity index (χ4v) is 2.89. The molecule has 0 aliphatic heterocycles. The lowest BCUT2D eigenvalue weighted by molar-refractivity contribution is 0.403. The van der Waals surface area contributed by atoms with E-state index in [0.717, 1.165) is 16.2 Å². The fraction of sp³-hybridized carbons (Fsp3) is 0.571. The van der Waals surface area contributed by atoms with E-state index in [1.165, 1.54) is 0 Å². The van der Waals surface area contributed by atoms with Gasteiger partial charge < -0.3 is 9.29 Å². The van der Waals surface area contributed by atoms with Crippen molar-refractivity contribution in [1.82, 2.24) is 4.72 Å². The quantitative estimate of drug-likeness (QED) is 0.667. The highest BCUT2D eigenvalue weighted by Crippen LogP contribution is 2.30. The summed E-state index contributed by atoms with van der Waals surface area (Å²) in [6.07, 6.45) is 2.02. The molecule has 0 amide bonds. The molecule has 1 N–H and O–H groups in total. The summed E-state index contributed by atoms with van der Waals surface area (Å²) in [5, 5.41) is 0. The minimum absolute atomic E-state index is 0.0184. The number of thioether (sulfide) groups is 1. The molecule has 1 rings (SSSR count). The van der Waals surface area contributed by atoms with Crippen molar-refractivity contribution in [3.05, 3.63) is 23.8 Å². The van der Waals surface area contributed by atoms with Crippen LogP contribution < -0.4 is 9.46 Å². The number of methoxy groups -OCH3 is 1. The molecule has 0 spiro atoms. The lowest BCUT2D eigenvalue weighted by Crippen LogP contribution is -2.40. The van der Waals surface area contributed by atoms with Gasteiger partial charge >= 0.3 is 0 Å². The first-order valence-corrected chi connectivity index (χ1v) is 8.57. The first kappa shape index (κ1) is 16.7. The van der Waals surface area contributed by atoms with Crippen LogP contribution in [0.2, 0.25) is 0 Å². The Balaban J connectivity index is 2.85. The molecule has 0 aliphatic rings. The maximum Gasteiger partial charge on any atom is 0.136 e. The van der Waals surface area contributed by atoms with Crippen molar-refractivity contribution in [2.75, 3.05) is 13.4 Å². The van der Waals surface area contributed by atoms with E-state index in [-0.39, 0.29) is 10.8 Å². The van der Waals surface area contributed by atoms with Crippen LogP contribution in [0.3, 0.4) is 0 Å². The van der Waals surface area contributed by atoms with Crippen LogP contribution in [0.15, 0.2) is 23.1 Å². The summed E-state index contributed by atoms with van der Waals surface area (Å²) in [4.78, 5) is 1.11. The van der Waals surface area contributed by atoms with E-state index < -0.39 is 11.4 Å². The van der Waals surface area contributed by atoms with Crippen LogP contribution in [0.4, 0.5) is 0 Å². The number of benzene rings is 1. The Hall–Kier alpha value is -0.360. The lowest BCUT2D eigenvalue weighted by Gasteiger charge is -2.26. The van der Waals surface area contributed by atoms with Crippen molar-refractivity contribution in [3.8, 4) is 5.75 Å². The average molecular weight is 301 g/mol. The normalized spacial score (nSPS) is 15.1. The smallest absolute Gasteiger partial charge is 0.136 e. The van der Waals surface area contributed by atoms with Crippen molar-refractivity contribution < 1.29 is 9.29 Å². The molecule has 5 heteroatoms. The zero-order chi connectivity index (χ0) is 14.6. The van der Waals surface area contributed by atoms with Gasteiger partial charge in [-0.25, -0.2) is 0 Å². The maximum atomic E-state index is 12.1. The highest BCUT2D eigenvalue weighted by molar-refractivity contribution is 7.98. The molecule has 0 bridgehead atoms. The van der Waals surface area contributed by atoms with E-state index in [4.69, 9.17) is 4.74 Å². The first-order valence-electron chi connectivity index (χ1n) is 6.19. The summed E-state index contributed by atoms with van der Waals surface area (Å²) in [7, 11) is 1.67. The molecular formula is C14H23NO2S2. The third-order valence-corrected chi connectivity index (χ3v) is 5.20. The Morgan fingerprint density at radius 2 is 2.00 bits per heavy atom. The highest BCUT2D eigenvalue weighted by Gasteiger charge is 2.28. The number of nitrogens with one attached hydrogen (secondary N) is 1. The monoisotopic (exact) mass is 301 g/mol. The molecule has 0 aliphatic carbocycles. The van der Waals surface area contributed by atoms with Crippen LogP contribution in [0.5, 0.6) is 5.75 Å². The predicted molar refractivity (Wildman–Crippen MR) is 84.2 cm³/mol. The second-order valence-corrected chi connectivity index (χ2v) is 8.18. The summed E-state index contributed by atoms with van der Waals surface area (Å²) in [5.41, 5.74) is 1.08. The number of rotatable bonds is 5. The first-order chi connectivity index (χ1) is 8.79. The molecule has 1 aromatic rings. The predicted octanol–water partition coefficient (Wildman–Crippen LogP) is 3.53. The summed E-state index contributed by atoms with van der Waals surface area (Å²) < 4.78 is 20.3. The second-order valence-electron chi connectivity index (χ2n) is 5.34. The zero-order valence-corrected chi connectivity index (χ0v) is 14.1.